The largest absolute Gasteiger partial charge is 0.334 e. The van der Waals surface area contributed by atoms with E-state index in [-0.39, 0.29) is 6.04 Å². The lowest BCUT2D eigenvalue weighted by Crippen LogP contribution is -2.22. The van der Waals surface area contributed by atoms with Crippen molar-refractivity contribution >= 4 is 5.65 Å². The predicted molar refractivity (Wildman–Crippen MR) is 76.1 cm³/mol. The van der Waals surface area contributed by atoms with Crippen LogP contribution in [0.3, 0.4) is 0 Å². The summed E-state index contributed by atoms with van der Waals surface area (Å²) in [6.45, 7) is 5.84. The zero-order chi connectivity index (χ0) is 13.9. The molecule has 104 valence electrons. The average Bonchev–Trinajstić information content (AvgIpc) is 3.11. The van der Waals surface area contributed by atoms with E-state index in [0.29, 0.717) is 6.54 Å². The third-order valence-electron chi connectivity index (χ3n) is 3.44. The molecule has 0 aliphatic carbocycles. The number of pyridine rings is 1. The van der Waals surface area contributed by atoms with Crippen molar-refractivity contribution in [3.05, 3.63) is 48.4 Å². The third-order valence-corrected chi connectivity index (χ3v) is 3.44. The molecule has 6 nitrogen and oxygen atoms in total. The van der Waals surface area contributed by atoms with Gasteiger partial charge in [0.25, 0.3) is 0 Å². The molecule has 0 aromatic carbocycles. The molecule has 0 bridgehead atoms. The zero-order valence-corrected chi connectivity index (χ0v) is 11.7. The number of fused-ring (bicyclic) bond motifs is 1. The molecule has 3 heterocycles. The fraction of sp³-hybridized carbons (Fsp3) is 0.357. The van der Waals surface area contributed by atoms with Crippen LogP contribution in [0.4, 0.5) is 0 Å². The van der Waals surface area contributed by atoms with Crippen molar-refractivity contribution in [2.45, 2.75) is 33.0 Å². The summed E-state index contributed by atoms with van der Waals surface area (Å²) in [5, 5.41) is 11.9. The maximum Gasteiger partial charge on any atom is 0.160 e. The summed E-state index contributed by atoms with van der Waals surface area (Å²) in [6.07, 6.45) is 5.81. The van der Waals surface area contributed by atoms with Crippen LogP contribution in [0.1, 0.15) is 31.5 Å². The van der Waals surface area contributed by atoms with Gasteiger partial charge in [0.2, 0.25) is 0 Å². The highest BCUT2D eigenvalue weighted by atomic mass is 15.3. The predicted octanol–water partition coefficient (Wildman–Crippen LogP) is 1.80. The molecule has 0 spiro atoms. The minimum absolute atomic E-state index is 0.106. The monoisotopic (exact) mass is 270 g/mol. The Morgan fingerprint density at radius 2 is 2.15 bits per heavy atom. The maximum atomic E-state index is 4.36. The van der Waals surface area contributed by atoms with Crippen LogP contribution in [0.5, 0.6) is 0 Å². The molecule has 6 heteroatoms. The van der Waals surface area contributed by atoms with Crippen LogP contribution in [0, 0.1) is 0 Å². The summed E-state index contributed by atoms with van der Waals surface area (Å²) in [4.78, 5) is 4.36. The van der Waals surface area contributed by atoms with Gasteiger partial charge < -0.3 is 9.88 Å². The van der Waals surface area contributed by atoms with Gasteiger partial charge in [0, 0.05) is 25.1 Å². The van der Waals surface area contributed by atoms with E-state index in [1.54, 1.807) is 0 Å². The van der Waals surface area contributed by atoms with Crippen LogP contribution >= 0.6 is 0 Å². The van der Waals surface area contributed by atoms with Crippen LogP contribution in [-0.2, 0) is 13.1 Å². The number of nitrogens with one attached hydrogen (secondary N) is 1. The van der Waals surface area contributed by atoms with Crippen molar-refractivity contribution in [1.82, 2.24) is 29.5 Å². The average molecular weight is 270 g/mol. The van der Waals surface area contributed by atoms with Crippen molar-refractivity contribution in [1.29, 1.82) is 0 Å². The van der Waals surface area contributed by atoms with Crippen molar-refractivity contribution in [2.75, 3.05) is 0 Å². The summed E-state index contributed by atoms with van der Waals surface area (Å²) >= 11 is 0. The van der Waals surface area contributed by atoms with Crippen molar-refractivity contribution in [3.63, 3.8) is 0 Å². The molecule has 0 saturated carbocycles. The number of aromatic nitrogens is 5. The highest BCUT2D eigenvalue weighted by Gasteiger charge is 2.13. The Morgan fingerprint density at radius 1 is 1.25 bits per heavy atom. The van der Waals surface area contributed by atoms with Gasteiger partial charge in [-0.15, -0.1) is 10.2 Å². The number of nitrogens with zero attached hydrogens (tertiary/aromatic N) is 5. The number of hydrogen-bond acceptors (Lipinski definition) is 4. The molecule has 1 unspecified atom stereocenters. The van der Waals surface area contributed by atoms with E-state index in [0.717, 1.165) is 23.8 Å². The number of rotatable bonds is 5. The molecule has 3 rings (SSSR count). The second kappa shape index (κ2) is 5.42. The topological polar surface area (TPSA) is 60.0 Å². The van der Waals surface area contributed by atoms with Gasteiger partial charge in [0.15, 0.2) is 11.5 Å². The molecule has 0 fully saturated rings. The Morgan fingerprint density at radius 3 is 3.00 bits per heavy atom. The second-order valence-corrected chi connectivity index (χ2v) is 4.72. The molecular formula is C14H18N6. The molecule has 3 aromatic heterocycles. The van der Waals surface area contributed by atoms with Crippen LogP contribution in [0.25, 0.3) is 5.65 Å². The van der Waals surface area contributed by atoms with E-state index in [4.69, 9.17) is 0 Å². The first-order valence-electron chi connectivity index (χ1n) is 6.82. The quantitative estimate of drug-likeness (QED) is 0.768. The molecule has 0 radical (unpaired) electrons. The van der Waals surface area contributed by atoms with Gasteiger partial charge in [-0.1, -0.05) is 6.07 Å². The Kier molecular flexibility index (Phi) is 3.47. The van der Waals surface area contributed by atoms with Gasteiger partial charge in [-0.3, -0.25) is 4.40 Å². The first kappa shape index (κ1) is 12.8. The Bertz CT molecular complexity index is 698. The van der Waals surface area contributed by atoms with Gasteiger partial charge >= 0.3 is 0 Å². The summed E-state index contributed by atoms with van der Waals surface area (Å²) in [6, 6.07) is 6.00. The Balaban J connectivity index is 1.75. The first-order chi connectivity index (χ1) is 9.79. The van der Waals surface area contributed by atoms with E-state index < -0.39 is 0 Å². The first-order valence-corrected chi connectivity index (χ1v) is 6.82. The zero-order valence-electron chi connectivity index (χ0n) is 11.7. The van der Waals surface area contributed by atoms with Crippen molar-refractivity contribution in [3.8, 4) is 0 Å². The highest BCUT2D eigenvalue weighted by Crippen LogP contribution is 2.12. The van der Waals surface area contributed by atoms with E-state index >= 15 is 0 Å². The summed E-state index contributed by atoms with van der Waals surface area (Å²) in [5.74, 6) is 1.95. The normalized spacial score (nSPS) is 12.9. The van der Waals surface area contributed by atoms with E-state index in [1.807, 2.05) is 41.2 Å². The molecule has 3 aromatic rings. The van der Waals surface area contributed by atoms with Crippen molar-refractivity contribution < 1.29 is 0 Å². The molecular weight excluding hydrogens is 252 g/mol. The van der Waals surface area contributed by atoms with Crippen LogP contribution in [0.15, 0.2) is 36.8 Å². The number of aryl methyl sites for hydroxylation is 1. The van der Waals surface area contributed by atoms with E-state index in [2.05, 4.69) is 38.9 Å². The summed E-state index contributed by atoms with van der Waals surface area (Å²) < 4.78 is 4.13. The molecule has 1 atom stereocenters. The van der Waals surface area contributed by atoms with Crippen molar-refractivity contribution in [2.24, 2.45) is 0 Å². The van der Waals surface area contributed by atoms with Crippen LogP contribution < -0.4 is 5.32 Å². The van der Waals surface area contributed by atoms with E-state index in [1.165, 1.54) is 0 Å². The molecule has 0 aliphatic rings. The van der Waals surface area contributed by atoms with Gasteiger partial charge in [0.1, 0.15) is 5.82 Å². The SMILES string of the molecule is CCn1ccnc1CNC(C)c1nnc2ccccn12. The molecule has 0 saturated heterocycles. The molecule has 0 aliphatic heterocycles. The summed E-state index contributed by atoms with van der Waals surface area (Å²) in [5.41, 5.74) is 0.867. The second-order valence-electron chi connectivity index (χ2n) is 4.72. The minimum atomic E-state index is 0.106. The van der Waals surface area contributed by atoms with E-state index in [9.17, 15) is 0 Å². The lowest BCUT2D eigenvalue weighted by molar-refractivity contribution is 0.516. The lowest BCUT2D eigenvalue weighted by Gasteiger charge is -2.12. The minimum Gasteiger partial charge on any atom is -0.334 e. The fourth-order valence-corrected chi connectivity index (χ4v) is 2.29. The number of hydrogen-bond donors (Lipinski definition) is 1. The standard InChI is InChI=1S/C14H18N6/c1-3-19-9-7-15-13(19)10-16-11(2)14-18-17-12-6-4-5-8-20(12)14/h4-9,11,16H,3,10H2,1-2H3. The third kappa shape index (κ3) is 2.30. The maximum absolute atomic E-state index is 4.36. The smallest absolute Gasteiger partial charge is 0.160 e. The van der Waals surface area contributed by atoms with Crippen LogP contribution in [0.2, 0.25) is 0 Å². The van der Waals surface area contributed by atoms with Gasteiger partial charge in [-0.25, -0.2) is 4.98 Å². The Labute approximate surface area is 117 Å². The van der Waals surface area contributed by atoms with Gasteiger partial charge in [-0.05, 0) is 26.0 Å². The molecule has 1 N–H and O–H groups in total. The van der Waals surface area contributed by atoms with Crippen LogP contribution in [-0.4, -0.2) is 24.1 Å². The Hall–Kier alpha value is -2.21. The molecule has 0 amide bonds. The highest BCUT2D eigenvalue weighted by molar-refractivity contribution is 5.37. The van der Waals surface area contributed by atoms with Gasteiger partial charge in [-0.2, -0.15) is 0 Å². The molecule has 20 heavy (non-hydrogen) atoms. The lowest BCUT2D eigenvalue weighted by atomic mass is 10.3. The summed E-state index contributed by atoms with van der Waals surface area (Å²) in [7, 11) is 0. The fourth-order valence-electron chi connectivity index (χ4n) is 2.29. The number of imidazole rings is 1. The van der Waals surface area contributed by atoms with Gasteiger partial charge in [0.05, 0.1) is 12.6 Å².